The number of nitrogens with zero attached hydrogens (tertiary/aromatic N) is 1. The number of hydrogen-bond acceptors (Lipinski definition) is 9. The number of rotatable bonds is 6. The van der Waals surface area contributed by atoms with E-state index in [-0.39, 0.29) is 31.4 Å². The first-order chi connectivity index (χ1) is 22.6. The fraction of sp³-hybridized carbons (Fsp3) is 0.606. The molecule has 5 rings (SSSR count). The lowest BCUT2D eigenvalue weighted by Gasteiger charge is -2.30. The van der Waals surface area contributed by atoms with Crippen molar-refractivity contribution in [2.75, 3.05) is 6.54 Å². The van der Waals surface area contributed by atoms with E-state index < -0.39 is 80.3 Å². The van der Waals surface area contributed by atoms with Crippen molar-refractivity contribution < 1.29 is 41.9 Å². The number of alkyl carbamates (subject to hydrolysis) is 1. The number of nitrogens with one attached hydrogen (secondary N) is 3. The Hall–Kier alpha value is -3.65. The summed E-state index contributed by atoms with van der Waals surface area (Å²) < 4.78 is 38.7. The molecule has 15 heteroatoms. The highest BCUT2D eigenvalue weighted by Gasteiger charge is 2.62. The van der Waals surface area contributed by atoms with Gasteiger partial charge in [0.05, 0.1) is 17.4 Å². The highest BCUT2D eigenvalue weighted by Crippen LogP contribution is 2.46. The minimum absolute atomic E-state index is 0.0887. The first-order valence-corrected chi connectivity index (χ1v) is 18.3. The molecule has 5 atom stereocenters. The van der Waals surface area contributed by atoms with Gasteiger partial charge in [0.25, 0.3) is 5.91 Å². The lowest BCUT2D eigenvalue weighted by Crippen LogP contribution is -2.58. The van der Waals surface area contributed by atoms with Gasteiger partial charge in [-0.05, 0) is 83.6 Å². The van der Waals surface area contributed by atoms with E-state index in [1.54, 1.807) is 20.8 Å². The third kappa shape index (κ3) is 8.68. The Kier molecular flexibility index (Phi) is 10.4. The molecule has 2 heterocycles. The molecule has 0 spiro atoms. The van der Waals surface area contributed by atoms with Gasteiger partial charge in [-0.3, -0.25) is 19.1 Å². The van der Waals surface area contributed by atoms with Gasteiger partial charge in [-0.15, -0.1) is 0 Å². The monoisotopic (exact) mass is 706 g/mol. The van der Waals surface area contributed by atoms with E-state index in [2.05, 4.69) is 15.4 Å². The molecule has 4 amide bonds. The Balaban J connectivity index is 1.42. The summed E-state index contributed by atoms with van der Waals surface area (Å²) in [5.74, 6) is -3.22. The van der Waals surface area contributed by atoms with Crippen LogP contribution < -0.4 is 15.4 Å². The first-order valence-electron chi connectivity index (χ1n) is 16.4. The average molecular weight is 707 g/mol. The summed E-state index contributed by atoms with van der Waals surface area (Å²) in [5, 5.41) is 5.24. The second kappa shape index (κ2) is 14.1. The number of halogens is 1. The SMILES string of the molecule is CC(C)(C)OC(=O)N[C@H]1CCCCCC=C[C@@H]2C[C@@]2(C(=O)NS(=O)(=O)C2CC2)NC(=O)[C@@H]2C[C@@H](OC(=O)c3ccc(Cl)cc3)CN2C1=O. The molecule has 4 aliphatic rings. The second-order valence-corrected chi connectivity index (χ2v) is 16.4. The molecular weight excluding hydrogens is 664 g/mol. The van der Waals surface area contributed by atoms with Crippen molar-refractivity contribution in [1.82, 2.24) is 20.3 Å². The van der Waals surface area contributed by atoms with Gasteiger partial charge in [0.2, 0.25) is 21.8 Å². The highest BCUT2D eigenvalue weighted by atomic mass is 35.5. The molecular formula is C33H43ClN4O9S. The van der Waals surface area contributed by atoms with Gasteiger partial charge >= 0.3 is 12.1 Å². The van der Waals surface area contributed by atoms with Gasteiger partial charge in [-0.2, -0.15) is 0 Å². The van der Waals surface area contributed by atoms with E-state index in [1.165, 1.54) is 29.2 Å². The molecule has 1 aromatic rings. The largest absolute Gasteiger partial charge is 0.457 e. The zero-order valence-corrected chi connectivity index (χ0v) is 28.9. The lowest BCUT2D eigenvalue weighted by atomic mass is 10.0. The number of sulfonamides is 1. The quantitative estimate of drug-likeness (QED) is 0.296. The van der Waals surface area contributed by atoms with Crippen molar-refractivity contribution in [2.24, 2.45) is 5.92 Å². The third-order valence-corrected chi connectivity index (χ3v) is 11.0. The van der Waals surface area contributed by atoms with Crippen LogP contribution in [0.1, 0.15) is 88.9 Å². The molecule has 2 aliphatic heterocycles. The van der Waals surface area contributed by atoms with Crippen molar-refractivity contribution in [3.63, 3.8) is 0 Å². The summed E-state index contributed by atoms with van der Waals surface area (Å²) in [7, 11) is -3.90. The van der Waals surface area contributed by atoms with E-state index in [9.17, 15) is 32.4 Å². The summed E-state index contributed by atoms with van der Waals surface area (Å²) in [6, 6.07) is 3.83. The molecule has 0 unspecified atom stereocenters. The summed E-state index contributed by atoms with van der Waals surface area (Å²) in [6.45, 7) is 4.95. The topological polar surface area (TPSA) is 177 Å². The maximum absolute atomic E-state index is 14.2. The van der Waals surface area contributed by atoms with Gasteiger partial charge in [-0.25, -0.2) is 18.0 Å². The van der Waals surface area contributed by atoms with Crippen molar-refractivity contribution in [1.29, 1.82) is 0 Å². The normalized spacial score (nSPS) is 28.1. The number of carbonyl (C=O) groups excluding carboxylic acids is 5. The van der Waals surface area contributed by atoms with Gasteiger partial charge in [-0.1, -0.05) is 36.6 Å². The Labute approximate surface area is 285 Å². The van der Waals surface area contributed by atoms with Gasteiger partial charge in [0.15, 0.2) is 0 Å². The zero-order chi connectivity index (χ0) is 34.9. The fourth-order valence-corrected chi connectivity index (χ4v) is 7.59. The van der Waals surface area contributed by atoms with Crippen LogP contribution in [0.4, 0.5) is 4.79 Å². The standard InChI is InChI=1S/C33H43ClN4O9S/c1-32(2,3)47-31(43)35-25-10-8-6-4-5-7-9-21-18-33(21,30(42)37-48(44,45)24-15-16-24)36-27(39)26-17-23(19-38(26)28(25)40)46-29(41)20-11-13-22(34)14-12-20/h7,9,11-14,21,23-26H,4-6,8,10,15-19H2,1-3H3,(H,35,43)(H,36,39)(H,37,42)/t21-,23-,25+,26+,33-/m1/s1. The molecule has 13 nitrogen and oxygen atoms in total. The highest BCUT2D eigenvalue weighted by molar-refractivity contribution is 7.91. The number of ether oxygens (including phenoxy) is 2. The van der Waals surface area contributed by atoms with Crippen LogP contribution in [0.15, 0.2) is 36.4 Å². The third-order valence-electron chi connectivity index (χ3n) is 8.89. The minimum Gasteiger partial charge on any atom is -0.457 e. The van der Waals surface area contributed by atoms with Crippen molar-refractivity contribution in [2.45, 2.75) is 113 Å². The van der Waals surface area contributed by atoms with E-state index >= 15 is 0 Å². The molecule has 2 aliphatic carbocycles. The Morgan fingerprint density at radius 2 is 1.75 bits per heavy atom. The van der Waals surface area contributed by atoms with E-state index in [4.69, 9.17) is 21.1 Å². The number of allylic oxidation sites excluding steroid dienone is 1. The summed E-state index contributed by atoms with van der Waals surface area (Å²) in [5.41, 5.74) is -2.13. The molecule has 262 valence electrons. The van der Waals surface area contributed by atoms with Crippen LogP contribution in [-0.4, -0.2) is 84.2 Å². The predicted molar refractivity (Wildman–Crippen MR) is 175 cm³/mol. The van der Waals surface area contributed by atoms with E-state index in [0.717, 1.165) is 12.8 Å². The number of fused-ring (bicyclic) bond motifs is 2. The first kappa shape index (κ1) is 35.7. The van der Waals surface area contributed by atoms with Crippen molar-refractivity contribution in [3.05, 3.63) is 47.0 Å². The maximum atomic E-state index is 14.2. The average Bonchev–Trinajstić information content (AvgIpc) is 3.92. The molecule has 1 saturated heterocycles. The molecule has 2 saturated carbocycles. The van der Waals surface area contributed by atoms with Crippen LogP contribution >= 0.6 is 11.6 Å². The van der Waals surface area contributed by atoms with E-state index in [1.807, 2.05) is 12.2 Å². The molecule has 48 heavy (non-hydrogen) atoms. The number of carbonyl (C=O) groups is 5. The van der Waals surface area contributed by atoms with Gasteiger partial charge in [0.1, 0.15) is 29.3 Å². The van der Waals surface area contributed by atoms with Gasteiger partial charge < -0.3 is 25.0 Å². The van der Waals surface area contributed by atoms with Crippen LogP contribution in [-0.2, 0) is 33.9 Å². The van der Waals surface area contributed by atoms with Crippen LogP contribution in [0.3, 0.4) is 0 Å². The van der Waals surface area contributed by atoms with Crippen LogP contribution in [0.25, 0.3) is 0 Å². The Bertz CT molecular complexity index is 1570. The minimum atomic E-state index is -3.90. The number of esters is 1. The molecule has 0 radical (unpaired) electrons. The van der Waals surface area contributed by atoms with Crippen LogP contribution in [0.5, 0.6) is 0 Å². The van der Waals surface area contributed by atoms with Gasteiger partial charge in [0, 0.05) is 17.4 Å². The summed E-state index contributed by atoms with van der Waals surface area (Å²) >= 11 is 5.95. The molecule has 0 aromatic heterocycles. The Morgan fingerprint density at radius 1 is 1.04 bits per heavy atom. The van der Waals surface area contributed by atoms with Crippen molar-refractivity contribution >= 4 is 51.4 Å². The number of amides is 4. The fourth-order valence-electron chi connectivity index (χ4n) is 6.10. The summed E-state index contributed by atoms with van der Waals surface area (Å²) in [4.78, 5) is 68.8. The zero-order valence-electron chi connectivity index (χ0n) is 27.3. The second-order valence-electron chi connectivity index (χ2n) is 14.0. The smallest absolute Gasteiger partial charge is 0.408 e. The lowest BCUT2D eigenvalue weighted by molar-refractivity contribution is -0.141. The molecule has 3 N–H and O–H groups in total. The van der Waals surface area contributed by atoms with Crippen LogP contribution in [0.2, 0.25) is 5.02 Å². The van der Waals surface area contributed by atoms with Crippen LogP contribution in [0, 0.1) is 5.92 Å². The summed E-state index contributed by atoms with van der Waals surface area (Å²) in [6.07, 6.45) is 6.10. The Morgan fingerprint density at radius 3 is 2.42 bits per heavy atom. The molecule has 3 fully saturated rings. The number of benzene rings is 1. The molecule has 1 aromatic carbocycles. The molecule has 0 bridgehead atoms. The maximum Gasteiger partial charge on any atom is 0.408 e. The predicted octanol–water partition coefficient (Wildman–Crippen LogP) is 3.36. The van der Waals surface area contributed by atoms with Crippen molar-refractivity contribution in [3.8, 4) is 0 Å². The number of hydrogen-bond donors (Lipinski definition) is 3. The van der Waals surface area contributed by atoms with E-state index in [0.29, 0.717) is 30.7 Å².